The number of hydrogen-bond acceptors (Lipinski definition) is 3. The molecule has 1 fully saturated rings. The fourth-order valence-electron chi connectivity index (χ4n) is 1.98. The number of rotatable bonds is 3. The maximum Gasteiger partial charge on any atom is 0.337 e. The Hall–Kier alpha value is -1.55. The molecule has 4 nitrogen and oxygen atoms in total. The van der Waals surface area contributed by atoms with Crippen molar-refractivity contribution >= 4 is 29.2 Å². The summed E-state index contributed by atoms with van der Waals surface area (Å²) in [5.41, 5.74) is 0.745. The third-order valence-electron chi connectivity index (χ3n) is 2.93. The number of carbonyl (C=O) groups excluding carboxylic acids is 2. The molecule has 1 aliphatic rings. The average Bonchev–Trinajstić information content (AvgIpc) is 2.69. The van der Waals surface area contributed by atoms with E-state index < -0.39 is 16.8 Å². The molecule has 1 atom stereocenters. The maximum atomic E-state index is 12.2. The first-order chi connectivity index (χ1) is 8.59. The van der Waals surface area contributed by atoms with Gasteiger partial charge in [0.2, 0.25) is 4.87 Å². The number of anilines is 1. The fraction of sp³-hybridized carbons (Fsp3) is 0.385. The van der Waals surface area contributed by atoms with Crippen molar-refractivity contribution in [1.82, 2.24) is 0 Å². The SMILES string of the molecule is CCOC(=O)[C@]1(Cl)CCN(c2ccccc2)C1=O. The van der Waals surface area contributed by atoms with E-state index in [1.807, 2.05) is 30.3 Å². The van der Waals surface area contributed by atoms with Gasteiger partial charge in [0.1, 0.15) is 0 Å². The van der Waals surface area contributed by atoms with E-state index in [1.165, 1.54) is 4.90 Å². The lowest BCUT2D eigenvalue weighted by molar-refractivity contribution is -0.148. The quantitative estimate of drug-likeness (QED) is 0.478. The van der Waals surface area contributed by atoms with Crippen molar-refractivity contribution in [2.45, 2.75) is 18.2 Å². The molecule has 5 heteroatoms. The predicted octanol–water partition coefficient (Wildman–Crippen LogP) is 1.96. The van der Waals surface area contributed by atoms with Crippen LogP contribution in [-0.4, -0.2) is 29.9 Å². The molecule has 1 aromatic carbocycles. The van der Waals surface area contributed by atoms with E-state index in [0.717, 1.165) is 5.69 Å². The number of para-hydroxylation sites is 1. The number of ether oxygens (including phenoxy) is 1. The Bertz CT molecular complexity index is 463. The minimum absolute atomic E-state index is 0.214. The lowest BCUT2D eigenvalue weighted by atomic mass is 10.1. The molecular formula is C13H14ClNO3. The molecular weight excluding hydrogens is 254 g/mol. The largest absolute Gasteiger partial charge is 0.464 e. The molecule has 96 valence electrons. The molecule has 1 heterocycles. The number of carbonyl (C=O) groups is 2. The smallest absolute Gasteiger partial charge is 0.337 e. The summed E-state index contributed by atoms with van der Waals surface area (Å²) in [5, 5.41) is 0. The zero-order chi connectivity index (χ0) is 13.2. The molecule has 0 saturated carbocycles. The minimum atomic E-state index is -1.56. The number of hydrogen-bond donors (Lipinski definition) is 0. The molecule has 1 saturated heterocycles. The molecule has 0 bridgehead atoms. The fourth-order valence-corrected chi connectivity index (χ4v) is 2.22. The molecule has 0 spiro atoms. The van der Waals surface area contributed by atoms with Crippen LogP contribution < -0.4 is 4.90 Å². The minimum Gasteiger partial charge on any atom is -0.464 e. The van der Waals surface area contributed by atoms with Gasteiger partial charge in [0, 0.05) is 18.7 Å². The van der Waals surface area contributed by atoms with E-state index in [9.17, 15) is 9.59 Å². The summed E-state index contributed by atoms with van der Waals surface area (Å²) in [6.45, 7) is 2.32. The number of benzene rings is 1. The molecule has 1 aromatic rings. The van der Waals surface area contributed by atoms with E-state index in [-0.39, 0.29) is 13.0 Å². The topological polar surface area (TPSA) is 46.6 Å². The Kier molecular flexibility index (Phi) is 3.57. The van der Waals surface area contributed by atoms with Gasteiger partial charge in [-0.25, -0.2) is 4.79 Å². The second-order valence-corrected chi connectivity index (χ2v) is 4.71. The Morgan fingerprint density at radius 1 is 1.44 bits per heavy atom. The van der Waals surface area contributed by atoms with Gasteiger partial charge in [0.05, 0.1) is 6.61 Å². The van der Waals surface area contributed by atoms with Gasteiger partial charge in [-0.15, -0.1) is 0 Å². The Morgan fingerprint density at radius 3 is 2.72 bits per heavy atom. The lowest BCUT2D eigenvalue weighted by Gasteiger charge is -2.20. The van der Waals surface area contributed by atoms with Gasteiger partial charge in [-0.3, -0.25) is 4.79 Å². The summed E-state index contributed by atoms with van der Waals surface area (Å²) in [6.07, 6.45) is 0.265. The number of esters is 1. The summed E-state index contributed by atoms with van der Waals surface area (Å²) in [5.74, 6) is -1.07. The summed E-state index contributed by atoms with van der Waals surface area (Å²) in [7, 11) is 0. The highest BCUT2D eigenvalue weighted by molar-refractivity contribution is 6.48. The van der Waals surface area contributed by atoms with Gasteiger partial charge in [-0.1, -0.05) is 29.8 Å². The summed E-state index contributed by atoms with van der Waals surface area (Å²) in [6, 6.07) is 9.16. The second-order valence-electron chi connectivity index (χ2n) is 4.06. The lowest BCUT2D eigenvalue weighted by Crippen LogP contribution is -2.43. The zero-order valence-electron chi connectivity index (χ0n) is 10.1. The van der Waals surface area contributed by atoms with Gasteiger partial charge >= 0.3 is 5.97 Å². The summed E-state index contributed by atoms with van der Waals surface area (Å²) < 4.78 is 4.87. The van der Waals surface area contributed by atoms with Crippen molar-refractivity contribution in [3.63, 3.8) is 0 Å². The van der Waals surface area contributed by atoms with Crippen LogP contribution in [0.4, 0.5) is 5.69 Å². The van der Waals surface area contributed by atoms with Crippen molar-refractivity contribution < 1.29 is 14.3 Å². The van der Waals surface area contributed by atoms with Crippen LogP contribution in [0.2, 0.25) is 0 Å². The van der Waals surface area contributed by atoms with Gasteiger partial charge in [-0.2, -0.15) is 0 Å². The highest BCUT2D eigenvalue weighted by Gasteiger charge is 2.53. The molecule has 0 radical (unpaired) electrons. The Labute approximate surface area is 110 Å². The maximum absolute atomic E-state index is 12.2. The predicted molar refractivity (Wildman–Crippen MR) is 68.6 cm³/mol. The van der Waals surface area contributed by atoms with Gasteiger partial charge in [0.25, 0.3) is 5.91 Å². The molecule has 2 rings (SSSR count). The van der Waals surface area contributed by atoms with E-state index in [1.54, 1.807) is 6.92 Å². The summed E-state index contributed by atoms with van der Waals surface area (Å²) >= 11 is 6.13. The zero-order valence-corrected chi connectivity index (χ0v) is 10.8. The first-order valence-electron chi connectivity index (χ1n) is 5.82. The van der Waals surface area contributed by atoms with Crippen LogP contribution in [-0.2, 0) is 14.3 Å². The van der Waals surface area contributed by atoms with Crippen LogP contribution >= 0.6 is 11.6 Å². The molecule has 0 aliphatic carbocycles. The second kappa shape index (κ2) is 4.98. The van der Waals surface area contributed by atoms with Crippen molar-refractivity contribution in [3.8, 4) is 0 Å². The Balaban J connectivity index is 2.22. The van der Waals surface area contributed by atoms with Gasteiger partial charge < -0.3 is 9.64 Å². The van der Waals surface area contributed by atoms with Gasteiger partial charge in [-0.05, 0) is 19.1 Å². The van der Waals surface area contributed by atoms with Crippen molar-refractivity contribution in [2.24, 2.45) is 0 Å². The van der Waals surface area contributed by atoms with E-state index in [0.29, 0.717) is 6.54 Å². The molecule has 0 aromatic heterocycles. The summed E-state index contributed by atoms with van der Waals surface area (Å²) in [4.78, 5) is 23.9. The van der Waals surface area contributed by atoms with Crippen molar-refractivity contribution in [1.29, 1.82) is 0 Å². The van der Waals surface area contributed by atoms with E-state index in [2.05, 4.69) is 0 Å². The van der Waals surface area contributed by atoms with Crippen molar-refractivity contribution in [3.05, 3.63) is 30.3 Å². The number of alkyl halides is 1. The monoisotopic (exact) mass is 267 g/mol. The van der Waals surface area contributed by atoms with Crippen LogP contribution in [0, 0.1) is 0 Å². The first kappa shape index (κ1) is 12.9. The highest BCUT2D eigenvalue weighted by Crippen LogP contribution is 2.34. The average molecular weight is 268 g/mol. The molecule has 18 heavy (non-hydrogen) atoms. The number of halogens is 1. The third-order valence-corrected chi connectivity index (χ3v) is 3.44. The molecule has 1 amide bonds. The van der Waals surface area contributed by atoms with Gasteiger partial charge in [0.15, 0.2) is 0 Å². The van der Waals surface area contributed by atoms with E-state index >= 15 is 0 Å². The number of nitrogens with zero attached hydrogens (tertiary/aromatic N) is 1. The number of amides is 1. The molecule has 0 N–H and O–H groups in total. The van der Waals surface area contributed by atoms with Crippen LogP contribution in [0.25, 0.3) is 0 Å². The van der Waals surface area contributed by atoms with Crippen LogP contribution in [0.1, 0.15) is 13.3 Å². The third kappa shape index (κ3) is 2.08. The van der Waals surface area contributed by atoms with Crippen LogP contribution in [0.3, 0.4) is 0 Å². The first-order valence-corrected chi connectivity index (χ1v) is 6.20. The standard InChI is InChI=1S/C13H14ClNO3/c1-2-18-12(17)13(14)8-9-15(11(13)16)10-6-4-3-5-7-10/h3-7H,2,8-9H2,1H3/t13-/m0/s1. The normalized spacial score (nSPS) is 23.2. The molecule has 1 aliphatic heterocycles. The molecule has 0 unspecified atom stereocenters. The van der Waals surface area contributed by atoms with Crippen molar-refractivity contribution in [2.75, 3.05) is 18.1 Å². The Morgan fingerprint density at radius 2 is 2.11 bits per heavy atom. The van der Waals surface area contributed by atoms with E-state index in [4.69, 9.17) is 16.3 Å². The van der Waals surface area contributed by atoms with Crippen LogP contribution in [0.15, 0.2) is 30.3 Å². The highest BCUT2D eigenvalue weighted by atomic mass is 35.5. The van der Waals surface area contributed by atoms with Crippen LogP contribution in [0.5, 0.6) is 0 Å².